The second-order valence-corrected chi connectivity index (χ2v) is 8.21. The molecule has 0 aliphatic carbocycles. The van der Waals surface area contributed by atoms with Gasteiger partial charge in [-0.2, -0.15) is 5.10 Å². The Balaban J connectivity index is 1.55. The summed E-state index contributed by atoms with van der Waals surface area (Å²) in [5.74, 6) is 1.50. The largest absolute Gasteiger partial charge is 0.379 e. The normalized spacial score (nSPS) is 16.6. The number of rotatable bonds is 9. The van der Waals surface area contributed by atoms with Gasteiger partial charge in [-0.25, -0.2) is 0 Å². The van der Waals surface area contributed by atoms with Crippen molar-refractivity contribution < 1.29 is 4.74 Å². The first-order valence-corrected chi connectivity index (χ1v) is 11.0. The minimum Gasteiger partial charge on any atom is -0.379 e. The van der Waals surface area contributed by atoms with Crippen molar-refractivity contribution in [3.63, 3.8) is 0 Å². The number of aromatic nitrogens is 2. The van der Waals surface area contributed by atoms with Gasteiger partial charge >= 0.3 is 0 Å². The van der Waals surface area contributed by atoms with Gasteiger partial charge in [0.1, 0.15) is 0 Å². The molecule has 1 aromatic carbocycles. The molecule has 2 heterocycles. The van der Waals surface area contributed by atoms with E-state index < -0.39 is 0 Å². The van der Waals surface area contributed by atoms with Crippen LogP contribution in [0.25, 0.3) is 0 Å². The number of aliphatic imine (C=N–C) groups is 1. The van der Waals surface area contributed by atoms with Crippen LogP contribution >= 0.6 is 0 Å². The van der Waals surface area contributed by atoms with Crippen molar-refractivity contribution in [2.24, 2.45) is 10.9 Å². The quantitative estimate of drug-likeness (QED) is 0.489. The van der Waals surface area contributed by atoms with Gasteiger partial charge in [0, 0.05) is 51.7 Å². The Morgan fingerprint density at radius 3 is 2.57 bits per heavy atom. The van der Waals surface area contributed by atoms with Crippen LogP contribution in [-0.4, -0.2) is 66.6 Å². The van der Waals surface area contributed by atoms with Crippen LogP contribution in [0.4, 0.5) is 0 Å². The van der Waals surface area contributed by atoms with Crippen molar-refractivity contribution >= 4 is 5.96 Å². The Kier molecular flexibility index (Phi) is 8.71. The molecule has 2 aromatic rings. The Bertz CT molecular complexity index is 768. The molecule has 1 fully saturated rings. The first-order valence-electron chi connectivity index (χ1n) is 11.0. The van der Waals surface area contributed by atoms with Gasteiger partial charge < -0.3 is 15.4 Å². The minimum absolute atomic E-state index is 0.486. The van der Waals surface area contributed by atoms with Crippen LogP contribution < -0.4 is 10.6 Å². The number of nitrogens with zero attached hydrogens (tertiary/aromatic N) is 4. The molecule has 7 heteroatoms. The fraction of sp³-hybridized carbons (Fsp3) is 0.565. The maximum atomic E-state index is 5.53. The fourth-order valence-corrected chi connectivity index (χ4v) is 3.92. The highest BCUT2D eigenvalue weighted by Gasteiger charge is 2.22. The first kappa shape index (κ1) is 22.3. The second-order valence-electron chi connectivity index (χ2n) is 8.21. The van der Waals surface area contributed by atoms with E-state index in [9.17, 15) is 0 Å². The van der Waals surface area contributed by atoms with E-state index in [0.29, 0.717) is 12.0 Å². The lowest BCUT2D eigenvalue weighted by Crippen LogP contribution is -2.51. The Morgan fingerprint density at radius 2 is 1.90 bits per heavy atom. The van der Waals surface area contributed by atoms with E-state index >= 15 is 0 Å². The lowest BCUT2D eigenvalue weighted by molar-refractivity contribution is 0.0132. The molecule has 164 valence electrons. The summed E-state index contributed by atoms with van der Waals surface area (Å²) < 4.78 is 7.48. The van der Waals surface area contributed by atoms with Crippen molar-refractivity contribution in [1.29, 1.82) is 0 Å². The van der Waals surface area contributed by atoms with E-state index in [1.54, 1.807) is 0 Å². The Morgan fingerprint density at radius 1 is 1.13 bits per heavy atom. The van der Waals surface area contributed by atoms with Gasteiger partial charge in [0.25, 0.3) is 0 Å². The first-order chi connectivity index (χ1) is 14.7. The van der Waals surface area contributed by atoms with Gasteiger partial charge in [-0.05, 0) is 29.5 Å². The molecule has 1 aliphatic heterocycles. The number of morpholine rings is 1. The number of hydrogen-bond donors (Lipinski definition) is 2. The van der Waals surface area contributed by atoms with E-state index in [-0.39, 0.29) is 0 Å². The van der Waals surface area contributed by atoms with Crippen molar-refractivity contribution in [3.8, 4) is 0 Å². The number of nitrogens with one attached hydrogen (secondary N) is 2. The highest BCUT2D eigenvalue weighted by molar-refractivity contribution is 5.79. The van der Waals surface area contributed by atoms with Gasteiger partial charge in [0.05, 0.1) is 19.8 Å². The van der Waals surface area contributed by atoms with E-state index in [0.717, 1.165) is 58.3 Å². The van der Waals surface area contributed by atoms with Crippen molar-refractivity contribution in [3.05, 3.63) is 53.9 Å². The SMILES string of the molecule is CN=C(NCc1ccccc1Cn1cccn1)NCC(CC(C)C)N1CCOCC1. The minimum atomic E-state index is 0.486. The fourth-order valence-electron chi connectivity index (χ4n) is 3.92. The predicted molar refractivity (Wildman–Crippen MR) is 122 cm³/mol. The Hall–Kier alpha value is -2.38. The third kappa shape index (κ3) is 6.85. The highest BCUT2D eigenvalue weighted by Crippen LogP contribution is 2.13. The second kappa shape index (κ2) is 11.7. The van der Waals surface area contributed by atoms with Crippen molar-refractivity contribution in [1.82, 2.24) is 25.3 Å². The monoisotopic (exact) mass is 412 g/mol. The molecule has 1 saturated heterocycles. The highest BCUT2D eigenvalue weighted by atomic mass is 16.5. The third-order valence-corrected chi connectivity index (χ3v) is 5.49. The number of guanidine groups is 1. The van der Waals surface area contributed by atoms with Gasteiger partial charge in [-0.15, -0.1) is 0 Å². The van der Waals surface area contributed by atoms with E-state index in [4.69, 9.17) is 4.74 Å². The van der Waals surface area contributed by atoms with E-state index in [1.165, 1.54) is 11.1 Å². The van der Waals surface area contributed by atoms with Crippen LogP contribution in [0.15, 0.2) is 47.7 Å². The molecule has 1 atom stereocenters. The summed E-state index contributed by atoms with van der Waals surface area (Å²) in [6, 6.07) is 10.9. The average molecular weight is 413 g/mol. The van der Waals surface area contributed by atoms with Gasteiger partial charge in [-0.1, -0.05) is 38.1 Å². The lowest BCUT2D eigenvalue weighted by Gasteiger charge is -2.35. The Labute approximate surface area is 180 Å². The molecule has 3 rings (SSSR count). The topological polar surface area (TPSA) is 66.7 Å². The molecule has 7 nitrogen and oxygen atoms in total. The summed E-state index contributed by atoms with van der Waals surface area (Å²) in [7, 11) is 1.83. The number of benzene rings is 1. The van der Waals surface area contributed by atoms with Crippen molar-refractivity contribution in [2.45, 2.75) is 39.4 Å². The summed E-state index contributed by atoms with van der Waals surface area (Å²) in [5.41, 5.74) is 2.51. The van der Waals surface area contributed by atoms with Crippen LogP contribution in [-0.2, 0) is 17.8 Å². The molecule has 1 aromatic heterocycles. The third-order valence-electron chi connectivity index (χ3n) is 5.49. The predicted octanol–water partition coefficient (Wildman–Crippen LogP) is 2.34. The van der Waals surface area contributed by atoms with Crippen LogP contribution in [0.2, 0.25) is 0 Å². The summed E-state index contributed by atoms with van der Waals surface area (Å²) in [6.45, 7) is 10.6. The van der Waals surface area contributed by atoms with Crippen LogP contribution in [0.5, 0.6) is 0 Å². The van der Waals surface area contributed by atoms with Gasteiger partial charge in [0.15, 0.2) is 5.96 Å². The molecule has 0 radical (unpaired) electrons. The molecular formula is C23H36N6O. The zero-order valence-corrected chi connectivity index (χ0v) is 18.6. The van der Waals surface area contributed by atoms with Crippen LogP contribution in [0, 0.1) is 5.92 Å². The zero-order valence-electron chi connectivity index (χ0n) is 18.6. The summed E-state index contributed by atoms with van der Waals surface area (Å²) in [4.78, 5) is 6.98. The molecule has 2 N–H and O–H groups in total. The molecule has 1 unspecified atom stereocenters. The van der Waals surface area contributed by atoms with E-state index in [1.807, 2.05) is 30.2 Å². The van der Waals surface area contributed by atoms with Crippen LogP contribution in [0.3, 0.4) is 0 Å². The zero-order chi connectivity index (χ0) is 21.2. The van der Waals surface area contributed by atoms with Gasteiger partial charge in [-0.3, -0.25) is 14.6 Å². The molecule has 0 bridgehead atoms. The van der Waals surface area contributed by atoms with Gasteiger partial charge in [0.2, 0.25) is 0 Å². The van der Waals surface area contributed by atoms with E-state index in [2.05, 4.69) is 63.7 Å². The molecular weight excluding hydrogens is 376 g/mol. The molecule has 30 heavy (non-hydrogen) atoms. The maximum Gasteiger partial charge on any atom is 0.191 e. The number of ether oxygens (including phenoxy) is 1. The molecule has 0 saturated carbocycles. The molecule has 0 amide bonds. The lowest BCUT2D eigenvalue weighted by atomic mass is 10.0. The molecule has 0 spiro atoms. The van der Waals surface area contributed by atoms with Crippen molar-refractivity contribution in [2.75, 3.05) is 39.9 Å². The molecule has 1 aliphatic rings. The summed E-state index contributed by atoms with van der Waals surface area (Å²) >= 11 is 0. The summed E-state index contributed by atoms with van der Waals surface area (Å²) in [5, 5.41) is 11.4. The smallest absolute Gasteiger partial charge is 0.191 e. The maximum absolute atomic E-state index is 5.53. The van der Waals surface area contributed by atoms with Crippen LogP contribution in [0.1, 0.15) is 31.4 Å². The standard InChI is InChI=1S/C23H36N6O/c1-19(2)15-22(28-11-13-30-14-12-28)17-26-23(24-3)25-16-20-7-4-5-8-21(20)18-29-10-6-9-27-29/h4-10,19,22H,11-18H2,1-3H3,(H2,24,25,26). The number of hydrogen-bond acceptors (Lipinski definition) is 4. The summed E-state index contributed by atoms with van der Waals surface area (Å²) in [6.07, 6.45) is 4.97. The average Bonchev–Trinajstić information content (AvgIpc) is 3.27.